The smallest absolute Gasteiger partial charge is 0.302 e. The van der Waals surface area contributed by atoms with E-state index in [1.807, 2.05) is 6.08 Å². The maximum Gasteiger partial charge on any atom is 0.302 e. The third-order valence-corrected chi connectivity index (χ3v) is 10.8. The third kappa shape index (κ3) is 3.89. The standard InChI is InChI=1S/C26H38O5S/c1-16(27)31-13-5-9-26(30)12-8-21-23-20(7-11-25(21,26)4)24(3)10-6-19(29)14-18(24)15-22(23)32-17(2)28/h14,20-23,30H,5-13,15H2,1-4H3/t20-,21-,22+,23+,24-,25-,26-/m0/s1. The predicted octanol–water partition coefficient (Wildman–Crippen LogP) is 4.85. The number of allylic oxidation sites excluding steroid dienone is 1. The lowest BCUT2D eigenvalue weighted by Gasteiger charge is -2.61. The van der Waals surface area contributed by atoms with E-state index in [4.69, 9.17) is 4.74 Å². The van der Waals surface area contributed by atoms with E-state index in [0.717, 1.165) is 38.5 Å². The average molecular weight is 463 g/mol. The van der Waals surface area contributed by atoms with Crippen LogP contribution < -0.4 is 0 Å². The van der Waals surface area contributed by atoms with Crippen LogP contribution in [0.5, 0.6) is 0 Å². The molecular weight excluding hydrogens is 424 g/mol. The molecule has 0 saturated heterocycles. The first-order valence-corrected chi connectivity index (χ1v) is 13.1. The Morgan fingerprint density at radius 1 is 1.16 bits per heavy atom. The van der Waals surface area contributed by atoms with Gasteiger partial charge in [0.1, 0.15) is 0 Å². The van der Waals surface area contributed by atoms with Crippen LogP contribution in [0.4, 0.5) is 0 Å². The van der Waals surface area contributed by atoms with Crippen LogP contribution in [-0.4, -0.2) is 39.4 Å². The van der Waals surface area contributed by atoms with E-state index < -0.39 is 5.60 Å². The molecule has 1 N–H and O–H groups in total. The quantitative estimate of drug-likeness (QED) is 0.465. The number of ketones is 1. The number of hydrogen-bond acceptors (Lipinski definition) is 6. The van der Waals surface area contributed by atoms with E-state index in [9.17, 15) is 19.5 Å². The molecule has 0 heterocycles. The summed E-state index contributed by atoms with van der Waals surface area (Å²) in [5, 5.41) is 12.1. The summed E-state index contributed by atoms with van der Waals surface area (Å²) in [6.45, 7) is 8.03. The molecule has 5 nitrogen and oxygen atoms in total. The molecule has 0 aromatic heterocycles. The number of hydrogen-bond donors (Lipinski definition) is 1. The first-order valence-electron chi connectivity index (χ1n) is 12.3. The van der Waals surface area contributed by atoms with Gasteiger partial charge in [-0.2, -0.15) is 0 Å². The highest BCUT2D eigenvalue weighted by Gasteiger charge is 2.65. The second-order valence-electron chi connectivity index (χ2n) is 11.2. The van der Waals surface area contributed by atoms with Crippen molar-refractivity contribution in [2.75, 3.05) is 6.61 Å². The predicted molar refractivity (Wildman–Crippen MR) is 125 cm³/mol. The van der Waals surface area contributed by atoms with Crippen LogP contribution in [0.1, 0.15) is 85.5 Å². The molecule has 4 aliphatic rings. The Bertz CT molecular complexity index is 836. The Balaban J connectivity index is 1.62. The summed E-state index contributed by atoms with van der Waals surface area (Å²) in [6.07, 6.45) is 9.29. The molecule has 0 amide bonds. The summed E-state index contributed by atoms with van der Waals surface area (Å²) in [4.78, 5) is 35.5. The summed E-state index contributed by atoms with van der Waals surface area (Å²) in [5.41, 5.74) is 0.339. The number of aliphatic hydroxyl groups is 1. The monoisotopic (exact) mass is 462 g/mol. The molecular formula is C26H38O5S. The van der Waals surface area contributed by atoms with Gasteiger partial charge in [0.15, 0.2) is 10.9 Å². The molecule has 0 aromatic rings. The maximum absolute atomic E-state index is 12.2. The summed E-state index contributed by atoms with van der Waals surface area (Å²) in [7, 11) is 0. The fraction of sp³-hybridized carbons (Fsp3) is 0.808. The van der Waals surface area contributed by atoms with Gasteiger partial charge in [0.2, 0.25) is 0 Å². The van der Waals surface area contributed by atoms with Crippen LogP contribution in [-0.2, 0) is 19.1 Å². The van der Waals surface area contributed by atoms with Crippen LogP contribution in [0.3, 0.4) is 0 Å². The first-order chi connectivity index (χ1) is 15.0. The Hall–Kier alpha value is -1.14. The molecule has 4 rings (SSSR count). The zero-order valence-electron chi connectivity index (χ0n) is 19.9. The minimum Gasteiger partial charge on any atom is -0.466 e. The van der Waals surface area contributed by atoms with Crippen molar-refractivity contribution in [3.63, 3.8) is 0 Å². The Morgan fingerprint density at radius 3 is 2.56 bits per heavy atom. The largest absolute Gasteiger partial charge is 0.466 e. The van der Waals surface area contributed by atoms with Gasteiger partial charge in [-0.15, -0.1) is 0 Å². The first kappa shape index (κ1) is 24.0. The van der Waals surface area contributed by atoms with Gasteiger partial charge in [-0.1, -0.05) is 31.2 Å². The summed E-state index contributed by atoms with van der Waals surface area (Å²) < 4.78 is 5.12. The molecule has 0 bridgehead atoms. The second-order valence-corrected chi connectivity index (χ2v) is 12.6. The number of carbonyl (C=O) groups excluding carboxylic acids is 3. The van der Waals surface area contributed by atoms with E-state index >= 15 is 0 Å². The molecule has 0 unspecified atom stereocenters. The van der Waals surface area contributed by atoms with Crippen LogP contribution in [0, 0.1) is 28.6 Å². The van der Waals surface area contributed by atoms with E-state index in [2.05, 4.69) is 13.8 Å². The van der Waals surface area contributed by atoms with Crippen molar-refractivity contribution in [3.8, 4) is 0 Å². The molecule has 32 heavy (non-hydrogen) atoms. The lowest BCUT2D eigenvalue weighted by atomic mass is 9.46. The van der Waals surface area contributed by atoms with Crippen molar-refractivity contribution in [3.05, 3.63) is 11.6 Å². The van der Waals surface area contributed by atoms with Gasteiger partial charge in [0.05, 0.1) is 12.2 Å². The third-order valence-electron chi connectivity index (χ3n) is 9.64. The highest BCUT2D eigenvalue weighted by atomic mass is 32.2. The molecule has 0 radical (unpaired) electrons. The van der Waals surface area contributed by atoms with E-state index in [1.165, 1.54) is 24.3 Å². The summed E-state index contributed by atoms with van der Waals surface area (Å²) in [5.74, 6) is 1.15. The topological polar surface area (TPSA) is 80.7 Å². The number of rotatable bonds is 5. The molecule has 178 valence electrons. The molecule has 0 spiro atoms. The molecule has 0 aromatic carbocycles. The molecule has 3 saturated carbocycles. The zero-order chi connectivity index (χ0) is 23.3. The van der Waals surface area contributed by atoms with Crippen molar-refractivity contribution in [2.45, 2.75) is 96.3 Å². The van der Waals surface area contributed by atoms with Gasteiger partial charge in [-0.05, 0) is 86.0 Å². The van der Waals surface area contributed by atoms with Crippen molar-refractivity contribution >= 4 is 28.6 Å². The van der Waals surface area contributed by atoms with E-state index in [1.54, 1.807) is 6.92 Å². The van der Waals surface area contributed by atoms with Crippen molar-refractivity contribution in [1.29, 1.82) is 0 Å². The fourth-order valence-electron chi connectivity index (χ4n) is 7.94. The number of ether oxygens (including phenoxy) is 1. The SMILES string of the molecule is CC(=O)OCCC[C@]1(O)CC[C@H]2[C@@H]3[C@H](SC(C)=O)CC4=CC(=O)CC[C@]4(C)[C@H]3CC[C@@]21C. The van der Waals surface area contributed by atoms with Gasteiger partial charge >= 0.3 is 5.97 Å². The lowest BCUT2D eigenvalue weighted by Crippen LogP contribution is -2.57. The van der Waals surface area contributed by atoms with Gasteiger partial charge in [-0.25, -0.2) is 0 Å². The van der Waals surface area contributed by atoms with Gasteiger partial charge in [0, 0.05) is 25.5 Å². The van der Waals surface area contributed by atoms with Crippen LogP contribution in [0.2, 0.25) is 0 Å². The summed E-state index contributed by atoms with van der Waals surface area (Å²) >= 11 is 1.46. The highest BCUT2D eigenvalue weighted by Crippen LogP contribution is 2.69. The van der Waals surface area contributed by atoms with Gasteiger partial charge < -0.3 is 9.84 Å². The number of esters is 1. The Labute approximate surface area is 196 Å². The molecule has 7 atom stereocenters. The minimum absolute atomic E-state index is 0.0315. The fourth-order valence-corrected chi connectivity index (χ4v) is 9.16. The highest BCUT2D eigenvalue weighted by molar-refractivity contribution is 8.14. The van der Waals surface area contributed by atoms with Crippen molar-refractivity contribution in [1.82, 2.24) is 0 Å². The lowest BCUT2D eigenvalue weighted by molar-refractivity contribution is -0.144. The Kier molecular flexibility index (Phi) is 6.43. The average Bonchev–Trinajstić information content (AvgIpc) is 2.97. The maximum atomic E-state index is 12.2. The number of carbonyl (C=O) groups is 3. The molecule has 4 aliphatic carbocycles. The molecule has 6 heteroatoms. The van der Waals surface area contributed by atoms with Gasteiger partial charge in [-0.3, -0.25) is 14.4 Å². The number of fused-ring (bicyclic) bond motifs is 5. The van der Waals surface area contributed by atoms with Crippen LogP contribution in [0.15, 0.2) is 11.6 Å². The van der Waals surface area contributed by atoms with Gasteiger partial charge in [0.25, 0.3) is 0 Å². The molecule has 3 fully saturated rings. The number of thioether (sulfide) groups is 1. The van der Waals surface area contributed by atoms with Crippen LogP contribution in [0.25, 0.3) is 0 Å². The van der Waals surface area contributed by atoms with Crippen molar-refractivity contribution in [2.24, 2.45) is 28.6 Å². The Morgan fingerprint density at radius 2 is 1.88 bits per heavy atom. The summed E-state index contributed by atoms with van der Waals surface area (Å²) in [6, 6.07) is 0. The van der Waals surface area contributed by atoms with Crippen molar-refractivity contribution < 1.29 is 24.2 Å². The minimum atomic E-state index is -0.756. The zero-order valence-corrected chi connectivity index (χ0v) is 20.8. The molecule has 0 aliphatic heterocycles. The van der Waals surface area contributed by atoms with E-state index in [-0.39, 0.29) is 32.9 Å². The van der Waals surface area contributed by atoms with E-state index in [0.29, 0.717) is 43.6 Å². The second kappa shape index (κ2) is 8.57. The normalized spacial score (nSPS) is 43.0. The van der Waals surface area contributed by atoms with Crippen LogP contribution >= 0.6 is 11.8 Å².